The summed E-state index contributed by atoms with van der Waals surface area (Å²) in [4.78, 5) is 8.61. The molecule has 4 heteroatoms. The van der Waals surface area contributed by atoms with Gasteiger partial charge in [0.05, 0.1) is 18.0 Å². The van der Waals surface area contributed by atoms with Crippen molar-refractivity contribution in [3.05, 3.63) is 18.1 Å². The van der Waals surface area contributed by atoms with Crippen molar-refractivity contribution < 1.29 is 4.74 Å². The van der Waals surface area contributed by atoms with Crippen molar-refractivity contribution in [1.29, 1.82) is 0 Å². The van der Waals surface area contributed by atoms with Crippen LogP contribution in [0, 0.1) is 5.92 Å². The lowest BCUT2D eigenvalue weighted by molar-refractivity contribution is 0.200. The van der Waals surface area contributed by atoms with Gasteiger partial charge in [-0.2, -0.15) is 0 Å². The molecular weight excluding hydrogens is 226 g/mol. The molecule has 1 aromatic rings. The van der Waals surface area contributed by atoms with Gasteiger partial charge in [-0.05, 0) is 25.8 Å². The summed E-state index contributed by atoms with van der Waals surface area (Å²) in [7, 11) is 0. The minimum Gasteiger partial charge on any atom is -0.474 e. The molecule has 1 heterocycles. The molecule has 0 saturated carbocycles. The van der Waals surface area contributed by atoms with Crippen molar-refractivity contribution in [3.63, 3.8) is 0 Å². The smallest absolute Gasteiger partial charge is 0.232 e. The van der Waals surface area contributed by atoms with Gasteiger partial charge in [0.25, 0.3) is 0 Å². The maximum absolute atomic E-state index is 5.72. The van der Waals surface area contributed by atoms with Gasteiger partial charge in [-0.25, -0.2) is 4.98 Å². The van der Waals surface area contributed by atoms with Gasteiger partial charge in [-0.1, -0.05) is 27.2 Å². The highest BCUT2D eigenvalue weighted by Crippen LogP contribution is 2.10. The molecule has 102 valence electrons. The van der Waals surface area contributed by atoms with Crippen LogP contribution in [0.15, 0.2) is 12.4 Å². The van der Waals surface area contributed by atoms with Crippen LogP contribution in [0.4, 0.5) is 0 Å². The Kier molecular flexibility index (Phi) is 6.65. The summed E-state index contributed by atoms with van der Waals surface area (Å²) >= 11 is 0. The van der Waals surface area contributed by atoms with E-state index in [0.717, 1.165) is 31.6 Å². The first-order chi connectivity index (χ1) is 8.61. The van der Waals surface area contributed by atoms with Crippen molar-refractivity contribution in [3.8, 4) is 5.88 Å². The van der Waals surface area contributed by atoms with Crippen molar-refractivity contribution in [2.24, 2.45) is 5.92 Å². The molecule has 0 aliphatic heterocycles. The third-order valence-electron chi connectivity index (χ3n) is 2.54. The minimum atomic E-state index is 0.197. The van der Waals surface area contributed by atoms with Crippen LogP contribution in [-0.2, 0) is 6.54 Å². The molecule has 0 aromatic carbocycles. The highest BCUT2D eigenvalue weighted by Gasteiger charge is 2.05. The van der Waals surface area contributed by atoms with Crippen LogP contribution in [-0.4, -0.2) is 22.6 Å². The number of nitrogens with one attached hydrogen (secondary N) is 1. The third kappa shape index (κ3) is 5.96. The lowest BCUT2D eigenvalue weighted by Gasteiger charge is -2.13. The molecule has 1 N–H and O–H groups in total. The van der Waals surface area contributed by atoms with E-state index in [4.69, 9.17) is 4.74 Å². The zero-order chi connectivity index (χ0) is 13.4. The monoisotopic (exact) mass is 251 g/mol. The van der Waals surface area contributed by atoms with Crippen LogP contribution >= 0.6 is 0 Å². The van der Waals surface area contributed by atoms with E-state index < -0.39 is 0 Å². The summed E-state index contributed by atoms with van der Waals surface area (Å²) in [5.41, 5.74) is 0.928. The number of hydrogen-bond acceptors (Lipinski definition) is 4. The van der Waals surface area contributed by atoms with Crippen LogP contribution in [0.25, 0.3) is 0 Å². The Balaban J connectivity index is 2.46. The molecule has 0 aliphatic carbocycles. The van der Waals surface area contributed by atoms with Crippen molar-refractivity contribution >= 4 is 0 Å². The van der Waals surface area contributed by atoms with Crippen LogP contribution in [0.3, 0.4) is 0 Å². The second-order valence-electron chi connectivity index (χ2n) is 5.09. The molecule has 0 saturated heterocycles. The average Bonchev–Trinajstić information content (AvgIpc) is 2.29. The van der Waals surface area contributed by atoms with Crippen molar-refractivity contribution in [2.45, 2.75) is 53.2 Å². The Morgan fingerprint density at radius 3 is 2.72 bits per heavy atom. The van der Waals surface area contributed by atoms with Crippen LogP contribution < -0.4 is 10.1 Å². The van der Waals surface area contributed by atoms with Gasteiger partial charge in [-0.3, -0.25) is 4.98 Å². The largest absolute Gasteiger partial charge is 0.474 e. The Bertz CT molecular complexity index is 342. The summed E-state index contributed by atoms with van der Waals surface area (Å²) in [5.74, 6) is 1.27. The van der Waals surface area contributed by atoms with E-state index in [9.17, 15) is 0 Å². The molecule has 0 fully saturated rings. The summed E-state index contributed by atoms with van der Waals surface area (Å²) in [6.07, 6.45) is 5.81. The van der Waals surface area contributed by atoms with E-state index in [1.165, 1.54) is 0 Å². The Morgan fingerprint density at radius 2 is 2.06 bits per heavy atom. The predicted octanol–water partition coefficient (Wildman–Crippen LogP) is 2.79. The summed E-state index contributed by atoms with van der Waals surface area (Å²) in [6, 6.07) is 0. The van der Waals surface area contributed by atoms with Gasteiger partial charge >= 0.3 is 0 Å². The number of ether oxygens (including phenoxy) is 1. The summed E-state index contributed by atoms with van der Waals surface area (Å²) in [6.45, 7) is 10.3. The Morgan fingerprint density at radius 1 is 1.28 bits per heavy atom. The topological polar surface area (TPSA) is 47.0 Å². The number of aromatic nitrogens is 2. The number of rotatable bonds is 8. The maximum atomic E-state index is 5.72. The highest BCUT2D eigenvalue weighted by atomic mass is 16.5. The van der Waals surface area contributed by atoms with Gasteiger partial charge < -0.3 is 10.1 Å². The fourth-order valence-electron chi connectivity index (χ4n) is 1.69. The number of hydrogen-bond donors (Lipinski definition) is 1. The molecule has 0 radical (unpaired) electrons. The lowest BCUT2D eigenvalue weighted by Crippen LogP contribution is -2.20. The van der Waals surface area contributed by atoms with E-state index in [1.54, 1.807) is 12.4 Å². The van der Waals surface area contributed by atoms with E-state index in [0.29, 0.717) is 11.8 Å². The van der Waals surface area contributed by atoms with E-state index in [-0.39, 0.29) is 6.10 Å². The normalized spacial score (nSPS) is 12.7. The first kappa shape index (κ1) is 14.9. The highest BCUT2D eigenvalue weighted by molar-refractivity contribution is 5.08. The minimum absolute atomic E-state index is 0.197. The number of nitrogens with zero attached hydrogens (tertiary/aromatic N) is 2. The lowest BCUT2D eigenvalue weighted by atomic mass is 10.2. The summed E-state index contributed by atoms with van der Waals surface area (Å²) < 4.78 is 5.72. The summed E-state index contributed by atoms with van der Waals surface area (Å²) in [5, 5.41) is 3.35. The molecule has 18 heavy (non-hydrogen) atoms. The van der Waals surface area contributed by atoms with E-state index in [2.05, 4.69) is 43.0 Å². The molecule has 0 aliphatic rings. The average molecular weight is 251 g/mol. The zero-order valence-electron chi connectivity index (χ0n) is 11.9. The van der Waals surface area contributed by atoms with E-state index >= 15 is 0 Å². The zero-order valence-corrected chi connectivity index (χ0v) is 11.9. The Labute approximate surface area is 110 Å². The molecular formula is C14H25N3O. The molecule has 1 aromatic heterocycles. The first-order valence-corrected chi connectivity index (χ1v) is 6.80. The third-order valence-corrected chi connectivity index (χ3v) is 2.54. The molecule has 0 amide bonds. The Hall–Kier alpha value is -1.16. The van der Waals surface area contributed by atoms with Gasteiger partial charge in [0, 0.05) is 12.7 Å². The molecule has 1 rings (SSSR count). The first-order valence-electron chi connectivity index (χ1n) is 6.80. The quantitative estimate of drug-likeness (QED) is 0.771. The molecule has 0 spiro atoms. The van der Waals surface area contributed by atoms with Crippen LogP contribution in [0.1, 0.15) is 46.2 Å². The SMILES string of the molecule is CCCC(C)Oc1cncc(CNCC(C)C)n1. The van der Waals surface area contributed by atoms with Crippen LogP contribution in [0.5, 0.6) is 5.88 Å². The van der Waals surface area contributed by atoms with Gasteiger partial charge in [0.2, 0.25) is 5.88 Å². The second-order valence-corrected chi connectivity index (χ2v) is 5.09. The molecule has 0 bridgehead atoms. The van der Waals surface area contributed by atoms with Gasteiger partial charge in [0.15, 0.2) is 0 Å². The standard InChI is InChI=1S/C14H25N3O/c1-5-6-12(4)18-14-10-16-9-13(17-14)8-15-7-11(2)3/h9-12,15H,5-8H2,1-4H3. The van der Waals surface area contributed by atoms with Crippen LogP contribution in [0.2, 0.25) is 0 Å². The maximum Gasteiger partial charge on any atom is 0.232 e. The fraction of sp³-hybridized carbons (Fsp3) is 0.714. The van der Waals surface area contributed by atoms with Crippen molar-refractivity contribution in [1.82, 2.24) is 15.3 Å². The second kappa shape index (κ2) is 8.03. The van der Waals surface area contributed by atoms with Gasteiger partial charge in [0.1, 0.15) is 0 Å². The molecule has 4 nitrogen and oxygen atoms in total. The van der Waals surface area contributed by atoms with E-state index in [1.807, 2.05) is 0 Å². The molecule has 1 unspecified atom stereocenters. The molecule has 1 atom stereocenters. The fourth-order valence-corrected chi connectivity index (χ4v) is 1.69. The van der Waals surface area contributed by atoms with Crippen molar-refractivity contribution in [2.75, 3.05) is 6.54 Å². The predicted molar refractivity (Wildman–Crippen MR) is 73.6 cm³/mol. The van der Waals surface area contributed by atoms with Gasteiger partial charge in [-0.15, -0.1) is 0 Å².